The van der Waals surface area contributed by atoms with Crippen LogP contribution in [0.4, 0.5) is 0 Å². The van der Waals surface area contributed by atoms with Crippen LogP contribution < -0.4 is 9.47 Å². The van der Waals surface area contributed by atoms with Gasteiger partial charge in [-0.1, -0.05) is 16.8 Å². The summed E-state index contributed by atoms with van der Waals surface area (Å²) < 4.78 is 16.0. The van der Waals surface area contributed by atoms with Crippen LogP contribution in [0.3, 0.4) is 0 Å². The quantitative estimate of drug-likeness (QED) is 0.579. The van der Waals surface area contributed by atoms with Gasteiger partial charge in [0.25, 0.3) is 5.91 Å². The molecule has 0 aliphatic heterocycles. The van der Waals surface area contributed by atoms with E-state index in [4.69, 9.17) is 25.6 Å². The van der Waals surface area contributed by atoms with Gasteiger partial charge in [-0.15, -0.1) is 0 Å². The van der Waals surface area contributed by atoms with Gasteiger partial charge in [0.2, 0.25) is 11.7 Å². The number of hydrogen-bond acceptors (Lipinski definition) is 6. The zero-order valence-electron chi connectivity index (χ0n) is 16.7. The summed E-state index contributed by atoms with van der Waals surface area (Å²) in [4.78, 5) is 18.2. The maximum atomic E-state index is 12.4. The van der Waals surface area contributed by atoms with Gasteiger partial charge in [-0.05, 0) is 61.4 Å². The molecular formula is C21H22ClN3O4. The lowest BCUT2D eigenvalue weighted by molar-refractivity contribution is -0.132. The molecule has 0 bridgehead atoms. The molecule has 0 spiro atoms. The van der Waals surface area contributed by atoms with Gasteiger partial charge in [-0.2, -0.15) is 4.98 Å². The van der Waals surface area contributed by atoms with Crippen LogP contribution in [0.25, 0.3) is 11.4 Å². The molecule has 0 unspecified atom stereocenters. The maximum Gasteiger partial charge on any atom is 0.260 e. The van der Waals surface area contributed by atoms with Crippen molar-refractivity contribution < 1.29 is 18.8 Å². The number of carbonyl (C=O) groups excluding carboxylic acids is 1. The van der Waals surface area contributed by atoms with E-state index in [1.807, 2.05) is 50.2 Å². The van der Waals surface area contributed by atoms with Crippen LogP contribution in [-0.4, -0.2) is 41.7 Å². The summed E-state index contributed by atoms with van der Waals surface area (Å²) in [5.74, 6) is 1.93. The fourth-order valence-corrected chi connectivity index (χ4v) is 2.82. The molecule has 0 N–H and O–H groups in total. The van der Waals surface area contributed by atoms with Gasteiger partial charge in [0.1, 0.15) is 11.5 Å². The first kappa shape index (κ1) is 20.7. The van der Waals surface area contributed by atoms with E-state index in [-0.39, 0.29) is 19.1 Å². The third kappa shape index (κ3) is 5.06. The highest BCUT2D eigenvalue weighted by Crippen LogP contribution is 2.26. The second-order valence-corrected chi connectivity index (χ2v) is 7.03. The van der Waals surface area contributed by atoms with Crippen LogP contribution in [0, 0.1) is 13.8 Å². The molecule has 1 heterocycles. The molecule has 0 atom stereocenters. The molecule has 3 aromatic rings. The van der Waals surface area contributed by atoms with E-state index in [1.54, 1.807) is 14.2 Å². The number of methoxy groups -OCH3 is 1. The molecule has 1 aromatic heterocycles. The van der Waals surface area contributed by atoms with E-state index < -0.39 is 0 Å². The van der Waals surface area contributed by atoms with Crippen molar-refractivity contribution in [1.82, 2.24) is 15.0 Å². The van der Waals surface area contributed by atoms with Crippen molar-refractivity contribution in [2.24, 2.45) is 0 Å². The van der Waals surface area contributed by atoms with E-state index in [1.165, 1.54) is 4.90 Å². The smallest absolute Gasteiger partial charge is 0.260 e. The van der Waals surface area contributed by atoms with E-state index in [9.17, 15) is 4.79 Å². The molecule has 3 rings (SSSR count). The van der Waals surface area contributed by atoms with Crippen molar-refractivity contribution in [2.45, 2.75) is 20.4 Å². The van der Waals surface area contributed by atoms with Crippen LogP contribution in [0.15, 0.2) is 40.9 Å². The van der Waals surface area contributed by atoms with Gasteiger partial charge < -0.3 is 18.9 Å². The lowest BCUT2D eigenvalue weighted by atomic mass is 10.1. The Morgan fingerprint density at radius 2 is 1.79 bits per heavy atom. The highest BCUT2D eigenvalue weighted by atomic mass is 35.5. The number of rotatable bonds is 7. The van der Waals surface area contributed by atoms with Gasteiger partial charge in [-0.3, -0.25) is 4.79 Å². The standard InChI is InChI=1S/C21H22ClN3O4/c1-13-9-17(10-14(2)20(13)22)28-12-19(26)25(3)11-18-23-21(24-29-18)15-5-7-16(27-4)8-6-15/h5-10H,11-12H2,1-4H3. The second kappa shape index (κ2) is 8.96. The maximum absolute atomic E-state index is 12.4. The number of likely N-dealkylation sites (N-methyl/N-ethyl adjacent to an activating group) is 1. The minimum atomic E-state index is -0.209. The molecule has 0 aliphatic carbocycles. The molecule has 0 saturated carbocycles. The van der Waals surface area contributed by atoms with E-state index in [0.29, 0.717) is 22.5 Å². The third-order valence-electron chi connectivity index (χ3n) is 4.39. The predicted molar refractivity (Wildman–Crippen MR) is 109 cm³/mol. The van der Waals surface area contributed by atoms with E-state index in [2.05, 4.69) is 10.1 Å². The number of aryl methyl sites for hydroxylation is 2. The fraction of sp³-hybridized carbons (Fsp3) is 0.286. The summed E-state index contributed by atoms with van der Waals surface area (Å²) in [7, 11) is 3.26. The summed E-state index contributed by atoms with van der Waals surface area (Å²) in [6, 6.07) is 10.9. The van der Waals surface area contributed by atoms with E-state index >= 15 is 0 Å². The normalized spacial score (nSPS) is 10.7. The van der Waals surface area contributed by atoms with Crippen LogP contribution in [0.2, 0.25) is 5.02 Å². The zero-order valence-corrected chi connectivity index (χ0v) is 17.5. The van der Waals surface area contributed by atoms with Crippen LogP contribution >= 0.6 is 11.6 Å². The van der Waals surface area contributed by atoms with Crippen molar-refractivity contribution >= 4 is 17.5 Å². The summed E-state index contributed by atoms with van der Waals surface area (Å²) in [6.45, 7) is 3.87. The molecule has 0 aliphatic rings. The molecule has 29 heavy (non-hydrogen) atoms. The number of hydrogen-bond donors (Lipinski definition) is 0. The Morgan fingerprint density at radius 3 is 2.41 bits per heavy atom. The zero-order chi connectivity index (χ0) is 21.0. The van der Waals surface area contributed by atoms with Crippen molar-refractivity contribution in [3.63, 3.8) is 0 Å². The fourth-order valence-electron chi connectivity index (χ4n) is 2.71. The number of aromatic nitrogens is 2. The van der Waals surface area contributed by atoms with Crippen LogP contribution in [0.1, 0.15) is 17.0 Å². The molecule has 7 nitrogen and oxygen atoms in total. The monoisotopic (exact) mass is 415 g/mol. The summed E-state index contributed by atoms with van der Waals surface area (Å²) in [5.41, 5.74) is 2.60. The lowest BCUT2D eigenvalue weighted by Crippen LogP contribution is -2.31. The van der Waals surface area contributed by atoms with Gasteiger partial charge in [0, 0.05) is 17.6 Å². The minimum Gasteiger partial charge on any atom is -0.497 e. The summed E-state index contributed by atoms with van der Waals surface area (Å²) >= 11 is 6.15. The molecule has 152 valence electrons. The lowest BCUT2D eigenvalue weighted by Gasteiger charge is -2.16. The Hall–Kier alpha value is -3.06. The molecule has 2 aromatic carbocycles. The van der Waals surface area contributed by atoms with Crippen LogP contribution in [-0.2, 0) is 11.3 Å². The molecule has 8 heteroatoms. The molecule has 0 fully saturated rings. The average molecular weight is 416 g/mol. The van der Waals surface area contributed by atoms with Crippen molar-refractivity contribution in [3.05, 3.63) is 58.4 Å². The van der Waals surface area contributed by atoms with Gasteiger partial charge in [-0.25, -0.2) is 0 Å². The topological polar surface area (TPSA) is 77.7 Å². The van der Waals surface area contributed by atoms with Gasteiger partial charge in [0.15, 0.2) is 6.61 Å². The Morgan fingerprint density at radius 1 is 1.14 bits per heavy atom. The summed E-state index contributed by atoms with van der Waals surface area (Å²) in [5, 5.41) is 4.67. The highest BCUT2D eigenvalue weighted by molar-refractivity contribution is 6.32. The Labute approximate surface area is 174 Å². The predicted octanol–water partition coefficient (Wildman–Crippen LogP) is 4.05. The number of ether oxygens (including phenoxy) is 2. The first-order valence-corrected chi connectivity index (χ1v) is 9.35. The third-order valence-corrected chi connectivity index (χ3v) is 4.98. The van der Waals surface area contributed by atoms with Crippen molar-refractivity contribution in [1.29, 1.82) is 0 Å². The first-order chi connectivity index (χ1) is 13.9. The molecule has 0 radical (unpaired) electrons. The SMILES string of the molecule is COc1ccc(-c2noc(CN(C)C(=O)COc3cc(C)c(Cl)c(C)c3)n2)cc1. The summed E-state index contributed by atoms with van der Waals surface area (Å²) in [6.07, 6.45) is 0. The number of amides is 1. The number of carbonyl (C=O) groups is 1. The molecule has 0 saturated heterocycles. The largest absolute Gasteiger partial charge is 0.497 e. The first-order valence-electron chi connectivity index (χ1n) is 8.98. The molecular weight excluding hydrogens is 394 g/mol. The second-order valence-electron chi connectivity index (χ2n) is 6.65. The van der Waals surface area contributed by atoms with E-state index in [0.717, 1.165) is 22.4 Å². The number of benzene rings is 2. The van der Waals surface area contributed by atoms with Gasteiger partial charge >= 0.3 is 0 Å². The average Bonchev–Trinajstić information content (AvgIpc) is 3.18. The van der Waals surface area contributed by atoms with Gasteiger partial charge in [0.05, 0.1) is 13.7 Å². The molecule has 1 amide bonds. The van der Waals surface area contributed by atoms with Crippen LogP contribution in [0.5, 0.6) is 11.5 Å². The minimum absolute atomic E-state index is 0.101. The van der Waals surface area contributed by atoms with Crippen molar-refractivity contribution in [3.8, 4) is 22.9 Å². The Kier molecular flexibility index (Phi) is 6.39. The highest BCUT2D eigenvalue weighted by Gasteiger charge is 2.16. The number of halogens is 1. The van der Waals surface area contributed by atoms with Crippen molar-refractivity contribution in [2.75, 3.05) is 20.8 Å². The Balaban J connectivity index is 1.57. The number of nitrogens with zero attached hydrogens (tertiary/aromatic N) is 3. The Bertz CT molecular complexity index is 978.